The summed E-state index contributed by atoms with van der Waals surface area (Å²) in [6, 6.07) is 4.46. The molecule has 1 fully saturated rings. The van der Waals surface area contributed by atoms with Gasteiger partial charge < -0.3 is 10.4 Å². The highest BCUT2D eigenvalue weighted by Gasteiger charge is 2.36. The van der Waals surface area contributed by atoms with Crippen LogP contribution in [0, 0.1) is 0 Å². The summed E-state index contributed by atoms with van der Waals surface area (Å²) in [6.07, 6.45) is -2.25. The molecule has 0 bridgehead atoms. The van der Waals surface area contributed by atoms with Crippen molar-refractivity contribution in [3.05, 3.63) is 29.3 Å². The Kier molecular flexibility index (Phi) is 5.26. The van der Waals surface area contributed by atoms with E-state index in [-0.39, 0.29) is 22.6 Å². The van der Waals surface area contributed by atoms with Crippen LogP contribution in [0.15, 0.2) is 18.2 Å². The first-order chi connectivity index (χ1) is 14.0. The molecule has 5 nitrogen and oxygen atoms in total. The molecule has 0 saturated heterocycles. The molecule has 0 aliphatic heterocycles. The predicted molar refractivity (Wildman–Crippen MR) is 112 cm³/mol. The van der Waals surface area contributed by atoms with Gasteiger partial charge in [-0.25, -0.2) is 4.98 Å². The molecule has 30 heavy (non-hydrogen) atoms. The number of rotatable bonds is 6. The molecule has 156 valence electrons. The number of nitrogens with zero attached hydrogens (tertiary/aromatic N) is 3. The van der Waals surface area contributed by atoms with Crippen molar-refractivity contribution >= 4 is 40.7 Å². The van der Waals surface area contributed by atoms with Gasteiger partial charge in [0.15, 0.2) is 5.01 Å². The SMILES string of the molecule is [B]c1cc(-c2nnc(NCCC(C)(C)O)s2)nc2c(C(F)(F)F)cc(C3CC3)cc12. The van der Waals surface area contributed by atoms with Gasteiger partial charge in [0.25, 0.3) is 0 Å². The number of hydrogen-bond donors (Lipinski definition) is 2. The molecule has 1 aliphatic carbocycles. The zero-order valence-corrected chi connectivity index (χ0v) is 17.4. The lowest BCUT2D eigenvalue weighted by Crippen LogP contribution is -2.22. The fourth-order valence-corrected chi connectivity index (χ4v) is 3.96. The third kappa shape index (κ3) is 4.59. The minimum absolute atomic E-state index is 0.162. The molecule has 2 N–H and O–H groups in total. The highest BCUT2D eigenvalue weighted by atomic mass is 32.1. The topological polar surface area (TPSA) is 70.9 Å². The van der Waals surface area contributed by atoms with Gasteiger partial charge in [-0.2, -0.15) is 13.2 Å². The van der Waals surface area contributed by atoms with Crippen molar-refractivity contribution in [2.24, 2.45) is 0 Å². The molecule has 1 saturated carbocycles. The van der Waals surface area contributed by atoms with Gasteiger partial charge in [-0.3, -0.25) is 0 Å². The van der Waals surface area contributed by atoms with Crippen LogP contribution in [-0.4, -0.2) is 40.3 Å². The largest absolute Gasteiger partial charge is 0.418 e. The molecule has 3 aromatic rings. The number of fused-ring (bicyclic) bond motifs is 1. The molecule has 2 heterocycles. The third-order valence-electron chi connectivity index (χ3n) is 4.98. The number of aliphatic hydroxyl groups is 1. The first-order valence-electron chi connectivity index (χ1n) is 9.63. The maximum absolute atomic E-state index is 13.8. The van der Waals surface area contributed by atoms with Gasteiger partial charge in [0, 0.05) is 6.54 Å². The zero-order valence-electron chi connectivity index (χ0n) is 16.5. The van der Waals surface area contributed by atoms with Gasteiger partial charge in [0.1, 0.15) is 13.5 Å². The fourth-order valence-electron chi connectivity index (χ4n) is 3.23. The molecular weight excluding hydrogens is 412 g/mol. The van der Waals surface area contributed by atoms with E-state index in [2.05, 4.69) is 20.5 Å². The summed E-state index contributed by atoms with van der Waals surface area (Å²) in [7, 11) is 6.14. The maximum Gasteiger partial charge on any atom is 0.418 e. The molecule has 2 aromatic heterocycles. The smallest absolute Gasteiger partial charge is 0.390 e. The lowest BCUT2D eigenvalue weighted by molar-refractivity contribution is -0.136. The zero-order chi connectivity index (χ0) is 21.7. The van der Waals surface area contributed by atoms with Crippen LogP contribution in [0.1, 0.15) is 50.2 Å². The van der Waals surface area contributed by atoms with E-state index in [1.807, 2.05) is 0 Å². The van der Waals surface area contributed by atoms with Crippen molar-refractivity contribution in [2.45, 2.75) is 50.8 Å². The summed E-state index contributed by atoms with van der Waals surface area (Å²) < 4.78 is 41.3. The van der Waals surface area contributed by atoms with Crippen LogP contribution in [0.3, 0.4) is 0 Å². The molecule has 0 atom stereocenters. The first kappa shape index (κ1) is 21.1. The van der Waals surface area contributed by atoms with Gasteiger partial charge in [-0.05, 0) is 68.2 Å². The fraction of sp³-hybridized carbons (Fsp3) is 0.450. The Bertz CT molecular complexity index is 1090. The average molecular weight is 432 g/mol. The molecule has 0 unspecified atom stereocenters. The quantitative estimate of drug-likeness (QED) is 0.576. The van der Waals surface area contributed by atoms with E-state index in [4.69, 9.17) is 7.85 Å². The second kappa shape index (κ2) is 7.49. The van der Waals surface area contributed by atoms with E-state index >= 15 is 0 Å². The van der Waals surface area contributed by atoms with Gasteiger partial charge in [-0.15, -0.1) is 10.2 Å². The Hall–Kier alpha value is -2.20. The van der Waals surface area contributed by atoms with E-state index in [9.17, 15) is 18.3 Å². The molecule has 10 heteroatoms. The van der Waals surface area contributed by atoms with Gasteiger partial charge in [0.05, 0.1) is 16.7 Å². The molecule has 2 radical (unpaired) electrons. The highest BCUT2D eigenvalue weighted by molar-refractivity contribution is 7.18. The third-order valence-corrected chi connectivity index (χ3v) is 5.88. The van der Waals surface area contributed by atoms with Crippen LogP contribution in [-0.2, 0) is 6.18 Å². The minimum Gasteiger partial charge on any atom is -0.390 e. The molecule has 1 aliphatic rings. The number of hydrogen-bond acceptors (Lipinski definition) is 6. The summed E-state index contributed by atoms with van der Waals surface area (Å²) in [6.45, 7) is 3.89. The predicted octanol–water partition coefficient (Wildman–Crippen LogP) is 4.02. The minimum atomic E-state index is -4.54. The van der Waals surface area contributed by atoms with Crippen LogP contribution in [0.2, 0.25) is 0 Å². The standard InChI is InChI=1S/C20H20BF3N4OS/c1-19(2,29)5-6-25-18-28-27-17(30-18)15-9-14(21)12-7-11(10-3-4-10)8-13(16(12)26-15)20(22,23)24/h7-10,29H,3-6H2,1-2H3,(H,25,28). The number of benzene rings is 1. The Morgan fingerprint density at radius 3 is 2.57 bits per heavy atom. The van der Waals surface area contributed by atoms with Crippen LogP contribution in [0.5, 0.6) is 0 Å². The Balaban J connectivity index is 1.70. The molecule has 0 amide bonds. The number of nitrogens with one attached hydrogen (secondary N) is 1. The summed E-state index contributed by atoms with van der Waals surface area (Å²) in [5, 5.41) is 22.0. The number of halogens is 3. The molecule has 4 rings (SSSR count). The van der Waals surface area contributed by atoms with E-state index in [1.165, 1.54) is 17.4 Å². The van der Waals surface area contributed by atoms with Crippen LogP contribution >= 0.6 is 11.3 Å². The monoisotopic (exact) mass is 432 g/mol. The van der Waals surface area contributed by atoms with Crippen molar-refractivity contribution in [3.8, 4) is 10.7 Å². The van der Waals surface area contributed by atoms with E-state index in [0.29, 0.717) is 34.1 Å². The number of pyridine rings is 1. The average Bonchev–Trinajstić information content (AvgIpc) is 3.38. The van der Waals surface area contributed by atoms with Crippen LogP contribution in [0.4, 0.5) is 18.3 Å². The molecule has 1 aromatic carbocycles. The van der Waals surface area contributed by atoms with Gasteiger partial charge >= 0.3 is 6.18 Å². The Labute approximate surface area is 177 Å². The first-order valence-corrected chi connectivity index (χ1v) is 10.4. The lowest BCUT2D eigenvalue weighted by Gasteiger charge is -2.16. The number of aromatic nitrogens is 3. The molecule has 0 spiro atoms. The second-order valence-corrected chi connectivity index (χ2v) is 9.21. The van der Waals surface area contributed by atoms with E-state index in [1.54, 1.807) is 26.0 Å². The van der Waals surface area contributed by atoms with Crippen LogP contribution in [0.25, 0.3) is 21.6 Å². The van der Waals surface area contributed by atoms with Gasteiger partial charge in [-0.1, -0.05) is 16.8 Å². The van der Waals surface area contributed by atoms with Gasteiger partial charge in [0.2, 0.25) is 5.13 Å². The van der Waals surface area contributed by atoms with Crippen molar-refractivity contribution < 1.29 is 18.3 Å². The lowest BCUT2D eigenvalue weighted by atomic mass is 9.88. The van der Waals surface area contributed by atoms with E-state index in [0.717, 1.165) is 12.8 Å². The second-order valence-electron chi connectivity index (χ2n) is 8.23. The Morgan fingerprint density at radius 2 is 1.93 bits per heavy atom. The summed E-state index contributed by atoms with van der Waals surface area (Å²) in [5.41, 5.74) is -0.628. The Morgan fingerprint density at radius 1 is 1.20 bits per heavy atom. The van der Waals surface area contributed by atoms with Crippen molar-refractivity contribution in [1.29, 1.82) is 0 Å². The van der Waals surface area contributed by atoms with Crippen molar-refractivity contribution in [1.82, 2.24) is 15.2 Å². The van der Waals surface area contributed by atoms with Crippen LogP contribution < -0.4 is 10.8 Å². The number of anilines is 1. The summed E-state index contributed by atoms with van der Waals surface area (Å²) >= 11 is 1.17. The summed E-state index contributed by atoms with van der Waals surface area (Å²) in [5.74, 6) is 0.162. The van der Waals surface area contributed by atoms with Crippen molar-refractivity contribution in [3.63, 3.8) is 0 Å². The van der Waals surface area contributed by atoms with Crippen molar-refractivity contribution in [2.75, 3.05) is 11.9 Å². The summed E-state index contributed by atoms with van der Waals surface area (Å²) in [4.78, 5) is 4.27. The molecular formula is C20H20BF3N4OS. The highest BCUT2D eigenvalue weighted by Crippen LogP contribution is 2.44. The van der Waals surface area contributed by atoms with E-state index < -0.39 is 17.3 Å². The normalized spacial score (nSPS) is 15.0. The number of alkyl halides is 3. The maximum atomic E-state index is 13.8.